The Morgan fingerprint density at radius 2 is 2.12 bits per heavy atom. The second kappa shape index (κ2) is 3.86. The molecule has 1 heterocycles. The Labute approximate surface area is 91.0 Å². The SMILES string of the molecule is Cn1c(C(O)C=O)nc2ccccc2c1=O. The van der Waals surface area contributed by atoms with Gasteiger partial charge >= 0.3 is 0 Å². The third-order valence-corrected chi connectivity index (χ3v) is 2.41. The van der Waals surface area contributed by atoms with Gasteiger partial charge in [-0.15, -0.1) is 0 Å². The molecule has 1 unspecified atom stereocenters. The molecule has 0 fully saturated rings. The van der Waals surface area contributed by atoms with E-state index in [1.807, 2.05) is 0 Å². The molecular weight excluding hydrogens is 208 g/mol. The highest BCUT2D eigenvalue weighted by Gasteiger charge is 2.14. The van der Waals surface area contributed by atoms with E-state index in [0.717, 1.165) is 0 Å². The average Bonchev–Trinajstić information content (AvgIpc) is 2.33. The van der Waals surface area contributed by atoms with Gasteiger partial charge in [0.15, 0.2) is 12.4 Å². The Kier molecular flexibility index (Phi) is 2.54. The van der Waals surface area contributed by atoms with Gasteiger partial charge in [0.2, 0.25) is 0 Å². The fourth-order valence-electron chi connectivity index (χ4n) is 1.56. The third kappa shape index (κ3) is 1.51. The Bertz CT molecular complexity index is 604. The van der Waals surface area contributed by atoms with E-state index < -0.39 is 6.10 Å². The van der Waals surface area contributed by atoms with Crippen LogP contribution in [0.5, 0.6) is 0 Å². The number of carbonyl (C=O) groups excluding carboxylic acids is 1. The van der Waals surface area contributed by atoms with Crippen molar-refractivity contribution in [3.8, 4) is 0 Å². The second-order valence-corrected chi connectivity index (χ2v) is 3.43. The van der Waals surface area contributed by atoms with E-state index in [2.05, 4.69) is 4.98 Å². The van der Waals surface area contributed by atoms with E-state index in [4.69, 9.17) is 0 Å². The van der Waals surface area contributed by atoms with E-state index in [9.17, 15) is 14.7 Å². The molecule has 0 bridgehead atoms. The summed E-state index contributed by atoms with van der Waals surface area (Å²) in [5.41, 5.74) is 0.197. The number of carbonyl (C=O) groups is 1. The van der Waals surface area contributed by atoms with Crippen molar-refractivity contribution >= 4 is 17.2 Å². The predicted molar refractivity (Wildman–Crippen MR) is 58.0 cm³/mol. The number of aromatic nitrogens is 2. The first kappa shape index (κ1) is 10.5. The van der Waals surface area contributed by atoms with Gasteiger partial charge in [0, 0.05) is 7.05 Å². The number of aldehydes is 1. The molecule has 82 valence electrons. The van der Waals surface area contributed by atoms with Gasteiger partial charge in [-0.1, -0.05) is 12.1 Å². The Balaban J connectivity index is 2.84. The van der Waals surface area contributed by atoms with Crippen molar-refractivity contribution in [2.45, 2.75) is 6.10 Å². The fourth-order valence-corrected chi connectivity index (χ4v) is 1.56. The topological polar surface area (TPSA) is 72.2 Å². The number of nitrogens with zero attached hydrogens (tertiary/aromatic N) is 2. The molecule has 0 saturated heterocycles. The summed E-state index contributed by atoms with van der Waals surface area (Å²) in [5, 5.41) is 9.87. The summed E-state index contributed by atoms with van der Waals surface area (Å²) in [5.74, 6) is 0.0544. The molecule has 0 saturated carbocycles. The molecule has 2 rings (SSSR count). The molecule has 5 heteroatoms. The largest absolute Gasteiger partial charge is 0.378 e. The van der Waals surface area contributed by atoms with Crippen LogP contribution in [0.1, 0.15) is 11.9 Å². The normalized spacial score (nSPS) is 12.6. The monoisotopic (exact) mass is 218 g/mol. The number of para-hydroxylation sites is 1. The van der Waals surface area contributed by atoms with Gasteiger partial charge in [-0.05, 0) is 12.1 Å². The molecule has 0 amide bonds. The average molecular weight is 218 g/mol. The summed E-state index contributed by atoms with van der Waals surface area (Å²) in [6, 6.07) is 6.80. The zero-order valence-electron chi connectivity index (χ0n) is 8.62. The molecule has 1 aromatic carbocycles. The van der Waals surface area contributed by atoms with Crippen LogP contribution >= 0.6 is 0 Å². The van der Waals surface area contributed by atoms with Gasteiger partial charge in [-0.25, -0.2) is 4.98 Å². The molecule has 1 aromatic heterocycles. The van der Waals surface area contributed by atoms with Crippen LogP contribution < -0.4 is 5.56 Å². The van der Waals surface area contributed by atoms with Crippen molar-refractivity contribution < 1.29 is 9.90 Å². The van der Waals surface area contributed by atoms with Crippen LogP contribution in [0.3, 0.4) is 0 Å². The maximum Gasteiger partial charge on any atom is 0.261 e. The summed E-state index contributed by atoms with van der Waals surface area (Å²) in [4.78, 5) is 26.5. The molecule has 16 heavy (non-hydrogen) atoms. The lowest BCUT2D eigenvalue weighted by molar-refractivity contribution is -0.115. The van der Waals surface area contributed by atoms with Gasteiger partial charge in [0.25, 0.3) is 5.56 Å². The Morgan fingerprint density at radius 3 is 2.81 bits per heavy atom. The zero-order chi connectivity index (χ0) is 11.7. The number of benzene rings is 1. The minimum Gasteiger partial charge on any atom is -0.378 e. The fraction of sp³-hybridized carbons (Fsp3) is 0.182. The highest BCUT2D eigenvalue weighted by molar-refractivity contribution is 5.77. The number of aliphatic hydroxyl groups excluding tert-OH is 1. The number of hydrogen-bond donors (Lipinski definition) is 1. The summed E-state index contributed by atoms with van der Waals surface area (Å²) in [7, 11) is 1.48. The smallest absolute Gasteiger partial charge is 0.261 e. The van der Waals surface area contributed by atoms with Crippen LogP contribution in [0.15, 0.2) is 29.1 Å². The molecule has 2 aromatic rings. The first-order valence-corrected chi connectivity index (χ1v) is 4.74. The van der Waals surface area contributed by atoms with Crippen LogP contribution in [-0.4, -0.2) is 20.9 Å². The lowest BCUT2D eigenvalue weighted by Gasteiger charge is -2.09. The van der Waals surface area contributed by atoms with Gasteiger partial charge in [-0.2, -0.15) is 0 Å². The lowest BCUT2D eigenvalue weighted by atomic mass is 10.2. The van der Waals surface area contributed by atoms with Crippen molar-refractivity contribution in [3.63, 3.8) is 0 Å². The molecule has 0 aliphatic carbocycles. The maximum atomic E-state index is 11.9. The minimum atomic E-state index is -1.37. The molecule has 0 radical (unpaired) electrons. The van der Waals surface area contributed by atoms with Crippen LogP contribution in [0.4, 0.5) is 0 Å². The maximum absolute atomic E-state index is 11.9. The molecular formula is C11H10N2O3. The van der Waals surface area contributed by atoms with Crippen molar-refractivity contribution in [1.82, 2.24) is 9.55 Å². The van der Waals surface area contributed by atoms with E-state index >= 15 is 0 Å². The van der Waals surface area contributed by atoms with Gasteiger partial charge < -0.3 is 5.11 Å². The summed E-state index contributed by atoms with van der Waals surface area (Å²) in [6.45, 7) is 0. The molecule has 0 aliphatic heterocycles. The second-order valence-electron chi connectivity index (χ2n) is 3.43. The van der Waals surface area contributed by atoms with E-state index in [-0.39, 0.29) is 11.4 Å². The van der Waals surface area contributed by atoms with Crippen molar-refractivity contribution in [3.05, 3.63) is 40.4 Å². The van der Waals surface area contributed by atoms with E-state index in [1.165, 1.54) is 11.6 Å². The molecule has 1 N–H and O–H groups in total. The lowest BCUT2D eigenvalue weighted by Crippen LogP contribution is -2.24. The molecule has 1 atom stereocenters. The van der Waals surface area contributed by atoms with Crippen LogP contribution in [0.2, 0.25) is 0 Å². The van der Waals surface area contributed by atoms with Crippen molar-refractivity contribution in [2.75, 3.05) is 0 Å². The van der Waals surface area contributed by atoms with Gasteiger partial charge in [0.05, 0.1) is 10.9 Å². The van der Waals surface area contributed by atoms with Crippen LogP contribution in [-0.2, 0) is 11.8 Å². The van der Waals surface area contributed by atoms with Gasteiger partial charge in [0.1, 0.15) is 5.82 Å². The molecule has 0 aliphatic rings. The van der Waals surface area contributed by atoms with Crippen molar-refractivity contribution in [1.29, 1.82) is 0 Å². The van der Waals surface area contributed by atoms with Crippen LogP contribution in [0.25, 0.3) is 10.9 Å². The number of hydrogen-bond acceptors (Lipinski definition) is 4. The summed E-state index contributed by atoms with van der Waals surface area (Å²) >= 11 is 0. The quantitative estimate of drug-likeness (QED) is 0.729. The van der Waals surface area contributed by atoms with E-state index in [0.29, 0.717) is 17.2 Å². The first-order chi connectivity index (χ1) is 7.65. The standard InChI is InChI=1S/C11H10N2O3/c1-13-10(9(15)6-14)12-8-5-3-2-4-7(8)11(13)16/h2-6,9,15H,1H3. The highest BCUT2D eigenvalue weighted by Crippen LogP contribution is 2.11. The van der Waals surface area contributed by atoms with Crippen molar-refractivity contribution in [2.24, 2.45) is 7.05 Å². The summed E-state index contributed by atoms with van der Waals surface area (Å²) in [6.07, 6.45) is -1.03. The molecule has 5 nitrogen and oxygen atoms in total. The van der Waals surface area contributed by atoms with E-state index in [1.54, 1.807) is 24.3 Å². The van der Waals surface area contributed by atoms with Gasteiger partial charge in [-0.3, -0.25) is 14.2 Å². The number of aliphatic hydroxyl groups is 1. The summed E-state index contributed by atoms with van der Waals surface area (Å²) < 4.78 is 1.18. The predicted octanol–water partition coefficient (Wildman–Crippen LogP) is 0.166. The molecule has 0 spiro atoms. The first-order valence-electron chi connectivity index (χ1n) is 4.74. The number of rotatable bonds is 2. The zero-order valence-corrected chi connectivity index (χ0v) is 8.62. The third-order valence-electron chi connectivity index (χ3n) is 2.41. The number of fused-ring (bicyclic) bond motifs is 1. The highest BCUT2D eigenvalue weighted by atomic mass is 16.3. The Morgan fingerprint density at radius 1 is 1.44 bits per heavy atom. The van der Waals surface area contributed by atoms with Crippen LogP contribution in [0, 0.1) is 0 Å². The minimum absolute atomic E-state index is 0.0544. The Hall–Kier alpha value is -2.01.